The maximum absolute atomic E-state index is 6.30. The summed E-state index contributed by atoms with van der Waals surface area (Å²) >= 11 is 0. The van der Waals surface area contributed by atoms with Gasteiger partial charge in [0.1, 0.15) is 0 Å². The second-order valence-corrected chi connectivity index (χ2v) is 7.76. The summed E-state index contributed by atoms with van der Waals surface area (Å²) in [5.41, 5.74) is 6.30. The fourth-order valence-corrected chi connectivity index (χ4v) is 5.17. The van der Waals surface area contributed by atoms with E-state index in [4.69, 9.17) is 5.73 Å². The van der Waals surface area contributed by atoms with Gasteiger partial charge in [-0.3, -0.25) is 0 Å². The molecule has 2 aliphatic rings. The van der Waals surface area contributed by atoms with Gasteiger partial charge < -0.3 is 11.1 Å². The van der Waals surface area contributed by atoms with Gasteiger partial charge in [-0.1, -0.05) is 27.7 Å². The van der Waals surface area contributed by atoms with Gasteiger partial charge in [-0.2, -0.15) is 0 Å². The van der Waals surface area contributed by atoms with E-state index in [0.29, 0.717) is 17.9 Å². The van der Waals surface area contributed by atoms with E-state index in [1.54, 1.807) is 0 Å². The van der Waals surface area contributed by atoms with Crippen LogP contribution >= 0.6 is 0 Å². The first kappa shape index (κ1) is 15.3. The molecule has 0 heterocycles. The third-order valence-corrected chi connectivity index (χ3v) is 6.24. The summed E-state index contributed by atoms with van der Waals surface area (Å²) in [4.78, 5) is 0. The SMILES string of the molecule is CNC1C(C)CC(C2CC(C)C(N)C(C)C2)CC1C. The summed E-state index contributed by atoms with van der Waals surface area (Å²) in [6.07, 6.45) is 5.55. The Morgan fingerprint density at radius 3 is 1.47 bits per heavy atom. The van der Waals surface area contributed by atoms with Gasteiger partial charge in [0.05, 0.1) is 0 Å². The molecule has 2 aliphatic carbocycles. The van der Waals surface area contributed by atoms with Crippen LogP contribution in [0.3, 0.4) is 0 Å². The lowest BCUT2D eigenvalue weighted by atomic mass is 9.62. The molecule has 4 atom stereocenters. The minimum absolute atomic E-state index is 0.430. The molecule has 3 N–H and O–H groups in total. The van der Waals surface area contributed by atoms with Crippen LogP contribution < -0.4 is 11.1 Å². The van der Waals surface area contributed by atoms with Gasteiger partial charge in [-0.15, -0.1) is 0 Å². The zero-order valence-corrected chi connectivity index (χ0v) is 13.5. The molecule has 2 rings (SSSR count). The van der Waals surface area contributed by atoms with Crippen molar-refractivity contribution < 1.29 is 0 Å². The van der Waals surface area contributed by atoms with E-state index >= 15 is 0 Å². The zero-order chi connectivity index (χ0) is 14.2. The Hall–Kier alpha value is -0.0800. The third kappa shape index (κ3) is 3.16. The van der Waals surface area contributed by atoms with Crippen LogP contribution in [-0.4, -0.2) is 19.1 Å². The Morgan fingerprint density at radius 2 is 1.11 bits per heavy atom. The van der Waals surface area contributed by atoms with Crippen molar-refractivity contribution in [1.82, 2.24) is 5.32 Å². The second kappa shape index (κ2) is 6.13. The maximum atomic E-state index is 6.30. The van der Waals surface area contributed by atoms with Crippen molar-refractivity contribution in [3.05, 3.63) is 0 Å². The Labute approximate surface area is 119 Å². The highest BCUT2D eigenvalue weighted by Gasteiger charge is 2.39. The van der Waals surface area contributed by atoms with E-state index in [-0.39, 0.29) is 0 Å². The molecule has 0 aliphatic heterocycles. The monoisotopic (exact) mass is 266 g/mol. The van der Waals surface area contributed by atoms with Crippen molar-refractivity contribution in [3.63, 3.8) is 0 Å². The number of hydrogen-bond donors (Lipinski definition) is 2. The lowest BCUT2D eigenvalue weighted by Crippen LogP contribution is -2.47. The van der Waals surface area contributed by atoms with E-state index in [0.717, 1.165) is 29.7 Å². The molecule has 2 fully saturated rings. The summed E-state index contributed by atoms with van der Waals surface area (Å²) < 4.78 is 0. The van der Waals surface area contributed by atoms with E-state index in [1.807, 2.05) is 0 Å². The maximum Gasteiger partial charge on any atom is 0.0115 e. The highest BCUT2D eigenvalue weighted by Crippen LogP contribution is 2.44. The molecule has 0 radical (unpaired) electrons. The van der Waals surface area contributed by atoms with Crippen LogP contribution in [0.5, 0.6) is 0 Å². The molecule has 4 unspecified atom stereocenters. The molecule has 112 valence electrons. The molecule has 2 saturated carbocycles. The number of nitrogens with two attached hydrogens (primary N) is 1. The third-order valence-electron chi connectivity index (χ3n) is 6.24. The van der Waals surface area contributed by atoms with Crippen molar-refractivity contribution in [1.29, 1.82) is 0 Å². The first-order valence-corrected chi connectivity index (χ1v) is 8.36. The summed E-state index contributed by atoms with van der Waals surface area (Å²) in [5, 5.41) is 3.53. The lowest BCUT2D eigenvalue weighted by Gasteiger charge is -2.46. The smallest absolute Gasteiger partial charge is 0.0115 e. The van der Waals surface area contributed by atoms with Gasteiger partial charge in [-0.05, 0) is 68.2 Å². The van der Waals surface area contributed by atoms with Gasteiger partial charge in [0.25, 0.3) is 0 Å². The number of nitrogens with one attached hydrogen (secondary N) is 1. The molecule has 0 aromatic carbocycles. The van der Waals surface area contributed by atoms with Crippen molar-refractivity contribution in [3.8, 4) is 0 Å². The van der Waals surface area contributed by atoms with Crippen LogP contribution in [0.15, 0.2) is 0 Å². The minimum Gasteiger partial charge on any atom is -0.327 e. The largest absolute Gasteiger partial charge is 0.327 e. The van der Waals surface area contributed by atoms with E-state index < -0.39 is 0 Å². The van der Waals surface area contributed by atoms with Crippen LogP contribution in [0, 0.1) is 35.5 Å². The van der Waals surface area contributed by atoms with Crippen LogP contribution in [0.4, 0.5) is 0 Å². The molecule has 0 bridgehead atoms. The average Bonchev–Trinajstić information content (AvgIpc) is 2.35. The second-order valence-electron chi connectivity index (χ2n) is 7.76. The topological polar surface area (TPSA) is 38.0 Å². The normalized spacial score (nSPS) is 52.1. The van der Waals surface area contributed by atoms with Crippen molar-refractivity contribution >= 4 is 0 Å². The molecule has 0 aromatic heterocycles. The van der Waals surface area contributed by atoms with Crippen LogP contribution in [0.1, 0.15) is 53.4 Å². The zero-order valence-electron chi connectivity index (χ0n) is 13.5. The Kier molecular flexibility index (Phi) is 4.94. The van der Waals surface area contributed by atoms with Gasteiger partial charge in [0.15, 0.2) is 0 Å². The molecule has 0 amide bonds. The highest BCUT2D eigenvalue weighted by atomic mass is 14.9. The van der Waals surface area contributed by atoms with Crippen molar-refractivity contribution in [2.45, 2.75) is 65.5 Å². The van der Waals surface area contributed by atoms with Gasteiger partial charge in [0.2, 0.25) is 0 Å². The predicted molar refractivity (Wildman–Crippen MR) is 82.9 cm³/mol. The quantitative estimate of drug-likeness (QED) is 0.805. The first-order valence-electron chi connectivity index (χ1n) is 8.36. The van der Waals surface area contributed by atoms with Crippen molar-refractivity contribution in [2.75, 3.05) is 7.05 Å². The fourth-order valence-electron chi connectivity index (χ4n) is 5.17. The molecule has 0 spiro atoms. The van der Waals surface area contributed by atoms with Gasteiger partial charge in [-0.25, -0.2) is 0 Å². The van der Waals surface area contributed by atoms with E-state index in [9.17, 15) is 0 Å². The van der Waals surface area contributed by atoms with Gasteiger partial charge >= 0.3 is 0 Å². The number of hydrogen-bond acceptors (Lipinski definition) is 2. The fraction of sp³-hybridized carbons (Fsp3) is 1.00. The number of rotatable bonds is 2. The summed E-state index contributed by atoms with van der Waals surface area (Å²) in [5.74, 6) is 4.92. The molecular formula is C17H34N2. The van der Waals surface area contributed by atoms with Crippen LogP contribution in [-0.2, 0) is 0 Å². The van der Waals surface area contributed by atoms with E-state index in [1.165, 1.54) is 25.7 Å². The first-order chi connectivity index (χ1) is 8.93. The van der Waals surface area contributed by atoms with Crippen LogP contribution in [0.25, 0.3) is 0 Å². The van der Waals surface area contributed by atoms with E-state index in [2.05, 4.69) is 40.1 Å². The Balaban J connectivity index is 1.99. The molecule has 2 nitrogen and oxygen atoms in total. The minimum atomic E-state index is 0.430. The molecule has 0 aromatic rings. The van der Waals surface area contributed by atoms with Crippen molar-refractivity contribution in [2.24, 2.45) is 41.2 Å². The molecule has 2 heteroatoms. The summed E-state index contributed by atoms with van der Waals surface area (Å²) in [7, 11) is 2.13. The standard InChI is InChI=1S/C17H34N2/c1-10-6-14(7-11(2)16(10)18)15-8-12(3)17(19-5)13(4)9-15/h10-17,19H,6-9,18H2,1-5H3. The summed E-state index contributed by atoms with van der Waals surface area (Å²) in [6, 6.07) is 1.15. The average molecular weight is 266 g/mol. The Bertz CT molecular complexity index is 267. The van der Waals surface area contributed by atoms with Crippen LogP contribution in [0.2, 0.25) is 0 Å². The molecule has 0 saturated heterocycles. The lowest BCUT2D eigenvalue weighted by molar-refractivity contribution is 0.0667. The molecular weight excluding hydrogens is 232 g/mol. The van der Waals surface area contributed by atoms with Gasteiger partial charge in [0, 0.05) is 12.1 Å². The Morgan fingerprint density at radius 1 is 0.737 bits per heavy atom. The predicted octanol–water partition coefficient (Wildman–Crippen LogP) is 3.27. The molecule has 19 heavy (non-hydrogen) atoms. The highest BCUT2D eigenvalue weighted by molar-refractivity contribution is 4.93. The summed E-state index contributed by atoms with van der Waals surface area (Å²) in [6.45, 7) is 9.59.